The molecule has 0 saturated carbocycles. The monoisotopic (exact) mass is 900 g/mol. The molecule has 15 heteroatoms. The van der Waals surface area contributed by atoms with Crippen LogP contribution in [0.1, 0.15) is 62.5 Å². The second kappa shape index (κ2) is 20.3. The predicted molar refractivity (Wildman–Crippen MR) is 255 cm³/mol. The van der Waals surface area contributed by atoms with E-state index in [4.69, 9.17) is 40.5 Å². The van der Waals surface area contributed by atoms with Crippen molar-refractivity contribution in [2.24, 2.45) is 4.99 Å². The smallest absolute Gasteiger partial charge is 0.227 e. The Balaban J connectivity index is 0.712. The molecule has 3 aromatic carbocycles. The van der Waals surface area contributed by atoms with Crippen molar-refractivity contribution in [2.45, 2.75) is 53.5 Å². The van der Waals surface area contributed by atoms with E-state index in [2.05, 4.69) is 84.7 Å². The topological polar surface area (TPSA) is 146 Å². The molecule has 64 heavy (non-hydrogen) atoms. The van der Waals surface area contributed by atoms with Gasteiger partial charge in [0, 0.05) is 62.3 Å². The summed E-state index contributed by atoms with van der Waals surface area (Å²) < 4.78 is 25.0. The molecule has 0 unspecified atom stereocenters. The van der Waals surface area contributed by atoms with Gasteiger partial charge in [-0.05, 0) is 111 Å². The summed E-state index contributed by atoms with van der Waals surface area (Å²) in [5.41, 5.74) is 12.5. The van der Waals surface area contributed by atoms with E-state index in [9.17, 15) is 4.79 Å². The van der Waals surface area contributed by atoms with Crippen LogP contribution in [0.25, 0.3) is 16.1 Å². The molecule has 2 aliphatic heterocycles. The summed E-state index contributed by atoms with van der Waals surface area (Å²) in [5, 5.41) is 20.3. The number of benzene rings is 3. The number of thiophene rings is 1. The number of ether oxygens (including phenoxy) is 4. The minimum absolute atomic E-state index is 0.0762. The lowest BCUT2D eigenvalue weighted by atomic mass is 9.97. The van der Waals surface area contributed by atoms with E-state index in [0.29, 0.717) is 75.1 Å². The standard InChI is InChI=1S/C49H53ClN8O5S/c1-29-25-43(53-32(4)45(29)36-9-16-41-37(27-36)26-30(2)52-41)51-17-18-60-19-20-61-21-22-62-23-24-63-40-14-12-39(13-15-40)54-44(59)28-42-48-57-56-34(6)58(48)49-46(31(3)33(5)64-49)47(55-42)35-7-10-38(50)11-8-35/h7-16,25,27,42,52H,2,17-24,26,28H2,1,3-6H3,(H,51,53)(H,54,59)/t42-/m0/s1. The highest BCUT2D eigenvalue weighted by Gasteiger charge is 2.32. The lowest BCUT2D eigenvalue weighted by Crippen LogP contribution is -2.17. The van der Waals surface area contributed by atoms with Crippen LogP contribution in [0.15, 0.2) is 90.1 Å². The number of nitrogens with zero attached hydrogens (tertiary/aromatic N) is 5. The second-order valence-corrected chi connectivity index (χ2v) is 17.5. The third-order valence-corrected chi connectivity index (χ3v) is 12.6. The molecule has 332 valence electrons. The summed E-state index contributed by atoms with van der Waals surface area (Å²) in [6, 6.07) is 22.9. The highest BCUT2D eigenvalue weighted by atomic mass is 35.5. The van der Waals surface area contributed by atoms with Crippen LogP contribution in [0.4, 0.5) is 17.2 Å². The first kappa shape index (κ1) is 44.7. The minimum atomic E-state index is -0.565. The number of aliphatic imine (C=N–C) groups is 1. The molecule has 13 nitrogen and oxygen atoms in total. The molecule has 0 spiro atoms. The van der Waals surface area contributed by atoms with E-state index in [1.165, 1.54) is 27.1 Å². The summed E-state index contributed by atoms with van der Waals surface area (Å²) in [4.78, 5) is 24.7. The first-order valence-corrected chi connectivity index (χ1v) is 22.6. The third-order valence-electron chi connectivity index (χ3n) is 11.2. The molecule has 0 aliphatic carbocycles. The van der Waals surface area contributed by atoms with Gasteiger partial charge in [-0.3, -0.25) is 14.4 Å². The zero-order chi connectivity index (χ0) is 44.7. The molecule has 0 saturated heterocycles. The number of carbonyl (C=O) groups is 1. The van der Waals surface area contributed by atoms with Crippen LogP contribution in [0, 0.1) is 34.6 Å². The Morgan fingerprint density at radius 2 is 1.56 bits per heavy atom. The Labute approximate surface area is 382 Å². The molecule has 3 N–H and O–H groups in total. The van der Waals surface area contributed by atoms with Crippen LogP contribution < -0.4 is 20.7 Å². The molecular weight excluding hydrogens is 848 g/mol. The molecule has 3 aromatic heterocycles. The zero-order valence-electron chi connectivity index (χ0n) is 36.8. The number of hydrogen-bond donors (Lipinski definition) is 3. The number of hydrogen-bond acceptors (Lipinski definition) is 12. The summed E-state index contributed by atoms with van der Waals surface area (Å²) in [6.45, 7) is 18.2. The second-order valence-electron chi connectivity index (χ2n) is 15.9. The van der Waals surface area contributed by atoms with Crippen LogP contribution in [0.5, 0.6) is 5.75 Å². The van der Waals surface area contributed by atoms with Gasteiger partial charge >= 0.3 is 0 Å². The lowest BCUT2D eigenvalue weighted by molar-refractivity contribution is -0.116. The van der Waals surface area contributed by atoms with E-state index in [1.54, 1.807) is 11.3 Å². The first-order valence-electron chi connectivity index (χ1n) is 21.4. The zero-order valence-corrected chi connectivity index (χ0v) is 38.4. The van der Waals surface area contributed by atoms with Crippen molar-refractivity contribution in [1.82, 2.24) is 19.7 Å². The van der Waals surface area contributed by atoms with Crippen molar-refractivity contribution in [3.05, 3.63) is 140 Å². The van der Waals surface area contributed by atoms with Gasteiger partial charge in [0.25, 0.3) is 0 Å². The Morgan fingerprint density at radius 1 is 0.859 bits per heavy atom. The van der Waals surface area contributed by atoms with Gasteiger partial charge in [-0.25, -0.2) is 4.98 Å². The number of halogens is 1. The largest absolute Gasteiger partial charge is 0.491 e. The molecule has 2 aliphatic rings. The predicted octanol–water partition coefficient (Wildman–Crippen LogP) is 9.53. The van der Waals surface area contributed by atoms with Gasteiger partial charge < -0.3 is 34.9 Å². The number of aromatic nitrogens is 4. The number of fused-ring (bicyclic) bond motifs is 4. The van der Waals surface area contributed by atoms with Crippen molar-refractivity contribution in [1.29, 1.82) is 0 Å². The van der Waals surface area contributed by atoms with E-state index in [1.807, 2.05) is 60.0 Å². The van der Waals surface area contributed by atoms with Crippen molar-refractivity contribution in [2.75, 3.05) is 68.7 Å². The SMILES string of the molecule is C=C1Cc2cc(-c3c(C)cc(NCCOCCOCCOCCOc4ccc(NC(=O)C[C@@H]5N=C(c6ccc(Cl)cc6)c6c(sc(C)c6C)-n6c(C)nnc65)cc4)nc3C)ccc2N1. The first-order chi connectivity index (χ1) is 31.0. The Kier molecular flexibility index (Phi) is 14.2. The van der Waals surface area contributed by atoms with E-state index in [-0.39, 0.29) is 12.3 Å². The van der Waals surface area contributed by atoms with Crippen LogP contribution in [0.2, 0.25) is 5.02 Å². The van der Waals surface area contributed by atoms with Crippen LogP contribution >= 0.6 is 22.9 Å². The van der Waals surface area contributed by atoms with Crippen molar-refractivity contribution < 1.29 is 23.7 Å². The maximum Gasteiger partial charge on any atom is 0.227 e. The van der Waals surface area contributed by atoms with Crippen LogP contribution in [-0.4, -0.2) is 84.2 Å². The molecule has 0 bridgehead atoms. The molecule has 1 atom stereocenters. The molecule has 1 amide bonds. The molecular formula is C49H53ClN8O5S. The fourth-order valence-electron chi connectivity index (χ4n) is 8.01. The number of aryl methyl sites for hydroxylation is 4. The van der Waals surface area contributed by atoms with Gasteiger partial charge in [-0.2, -0.15) is 0 Å². The van der Waals surface area contributed by atoms with Crippen molar-refractivity contribution in [3.8, 4) is 21.9 Å². The normalized spacial score (nSPS) is 14.0. The highest BCUT2D eigenvalue weighted by molar-refractivity contribution is 7.15. The number of pyridine rings is 1. The van der Waals surface area contributed by atoms with E-state index >= 15 is 0 Å². The Bertz CT molecular complexity index is 2650. The number of rotatable bonds is 19. The summed E-state index contributed by atoms with van der Waals surface area (Å²) in [5.74, 6) is 2.68. The maximum atomic E-state index is 13.5. The van der Waals surface area contributed by atoms with Gasteiger partial charge in [0.1, 0.15) is 35.0 Å². The van der Waals surface area contributed by atoms with E-state index < -0.39 is 6.04 Å². The fourth-order valence-corrected chi connectivity index (χ4v) is 9.35. The molecule has 0 fully saturated rings. The summed E-state index contributed by atoms with van der Waals surface area (Å²) in [6.07, 6.45) is 0.929. The van der Waals surface area contributed by atoms with Gasteiger partial charge in [0.15, 0.2) is 5.82 Å². The number of allylic oxidation sites excluding steroid dienone is 1. The van der Waals surface area contributed by atoms with Gasteiger partial charge in [0.05, 0.1) is 51.8 Å². The van der Waals surface area contributed by atoms with Crippen LogP contribution in [0.3, 0.4) is 0 Å². The lowest BCUT2D eigenvalue weighted by Gasteiger charge is -2.14. The maximum absolute atomic E-state index is 13.5. The average Bonchev–Trinajstić information content (AvgIpc) is 3.91. The van der Waals surface area contributed by atoms with Gasteiger partial charge in [-0.15, -0.1) is 21.5 Å². The average molecular weight is 902 g/mol. The third kappa shape index (κ3) is 10.4. The molecule has 0 radical (unpaired) electrons. The summed E-state index contributed by atoms with van der Waals surface area (Å²) in [7, 11) is 0. The fraction of sp³-hybridized carbons (Fsp3) is 0.327. The molecule has 5 heterocycles. The number of amides is 1. The number of carbonyl (C=O) groups excluding carboxylic acids is 1. The van der Waals surface area contributed by atoms with Crippen molar-refractivity contribution in [3.63, 3.8) is 0 Å². The Morgan fingerprint density at radius 3 is 2.30 bits per heavy atom. The van der Waals surface area contributed by atoms with Gasteiger partial charge in [0.2, 0.25) is 5.91 Å². The quantitative estimate of drug-likeness (QED) is 0.0672. The number of anilines is 3. The van der Waals surface area contributed by atoms with Crippen molar-refractivity contribution >= 4 is 51.7 Å². The molecule has 8 rings (SSSR count). The minimum Gasteiger partial charge on any atom is -0.491 e. The summed E-state index contributed by atoms with van der Waals surface area (Å²) >= 11 is 7.92. The Hall–Kier alpha value is -5.90. The van der Waals surface area contributed by atoms with Gasteiger partial charge in [-0.1, -0.05) is 36.4 Å². The number of nitrogens with one attached hydrogen (secondary N) is 3. The highest BCUT2D eigenvalue weighted by Crippen LogP contribution is 2.40. The van der Waals surface area contributed by atoms with E-state index in [0.717, 1.165) is 62.5 Å². The van der Waals surface area contributed by atoms with Crippen LogP contribution in [-0.2, 0) is 25.4 Å². The molecule has 6 aromatic rings.